The van der Waals surface area contributed by atoms with Gasteiger partial charge in [-0.2, -0.15) is 0 Å². The van der Waals surface area contributed by atoms with E-state index in [0.29, 0.717) is 5.69 Å². The maximum absolute atomic E-state index is 12.9. The molecule has 104 valence electrons. The average molecular weight is 287 g/mol. The molecule has 0 heterocycles. The van der Waals surface area contributed by atoms with Gasteiger partial charge in [0.25, 0.3) is 0 Å². The molecule has 0 fully saturated rings. The predicted molar refractivity (Wildman–Crippen MR) is 72.6 cm³/mol. The summed E-state index contributed by atoms with van der Waals surface area (Å²) in [6.07, 6.45) is 0.514. The molecule has 2 N–H and O–H groups in total. The first-order valence-corrected chi connectivity index (χ1v) is 6.34. The molecule has 0 saturated carbocycles. The fraction of sp³-hybridized carbons (Fsp3) is 0.385. The SMILES string of the molecule is CCC(C)NC(=O)CC(=O)Nc1ccc(F)c(Cl)c1. The van der Waals surface area contributed by atoms with Gasteiger partial charge in [0.2, 0.25) is 11.8 Å². The molecule has 1 unspecified atom stereocenters. The van der Waals surface area contributed by atoms with Gasteiger partial charge in [0.05, 0.1) is 5.02 Å². The molecule has 1 aromatic rings. The summed E-state index contributed by atoms with van der Waals surface area (Å²) in [4.78, 5) is 23.1. The number of hydrogen-bond acceptors (Lipinski definition) is 2. The molecule has 1 atom stereocenters. The standard InChI is InChI=1S/C13H16ClFN2O2/c1-3-8(2)16-12(18)7-13(19)17-9-4-5-11(15)10(14)6-9/h4-6,8H,3,7H2,1-2H3,(H,16,18)(H,17,19). The van der Waals surface area contributed by atoms with Crippen molar-refractivity contribution in [2.24, 2.45) is 0 Å². The van der Waals surface area contributed by atoms with Crippen LogP contribution in [0.1, 0.15) is 26.7 Å². The van der Waals surface area contributed by atoms with Gasteiger partial charge in [-0.25, -0.2) is 4.39 Å². The van der Waals surface area contributed by atoms with Gasteiger partial charge in [-0.1, -0.05) is 18.5 Å². The van der Waals surface area contributed by atoms with Crippen molar-refractivity contribution in [1.82, 2.24) is 5.32 Å². The summed E-state index contributed by atoms with van der Waals surface area (Å²) in [6.45, 7) is 3.79. The zero-order valence-corrected chi connectivity index (χ0v) is 11.6. The zero-order valence-electron chi connectivity index (χ0n) is 10.8. The summed E-state index contributed by atoms with van der Waals surface area (Å²) in [5.74, 6) is -1.38. The Morgan fingerprint density at radius 1 is 1.37 bits per heavy atom. The van der Waals surface area contributed by atoms with E-state index in [4.69, 9.17) is 11.6 Å². The van der Waals surface area contributed by atoms with Gasteiger partial charge in [-0.05, 0) is 31.5 Å². The molecule has 0 radical (unpaired) electrons. The lowest BCUT2D eigenvalue weighted by molar-refractivity contribution is -0.127. The van der Waals surface area contributed by atoms with E-state index in [1.165, 1.54) is 12.1 Å². The Labute approximate surface area is 116 Å². The third-order valence-corrected chi connectivity index (χ3v) is 2.83. The monoisotopic (exact) mass is 286 g/mol. The second-order valence-corrected chi connectivity index (χ2v) is 4.64. The van der Waals surface area contributed by atoms with Crippen LogP contribution in [0.2, 0.25) is 5.02 Å². The van der Waals surface area contributed by atoms with Crippen LogP contribution < -0.4 is 10.6 Å². The lowest BCUT2D eigenvalue weighted by Crippen LogP contribution is -2.34. The quantitative estimate of drug-likeness (QED) is 0.818. The zero-order chi connectivity index (χ0) is 14.4. The Morgan fingerprint density at radius 2 is 2.05 bits per heavy atom. The molecule has 0 spiro atoms. The minimum atomic E-state index is -0.561. The summed E-state index contributed by atoms with van der Waals surface area (Å²) in [6, 6.07) is 3.85. The summed E-state index contributed by atoms with van der Waals surface area (Å²) < 4.78 is 12.9. The van der Waals surface area contributed by atoms with Crippen molar-refractivity contribution in [2.45, 2.75) is 32.7 Å². The summed E-state index contributed by atoms with van der Waals surface area (Å²) in [7, 11) is 0. The number of amides is 2. The topological polar surface area (TPSA) is 58.2 Å². The summed E-state index contributed by atoms with van der Waals surface area (Å²) in [5.41, 5.74) is 0.354. The smallest absolute Gasteiger partial charge is 0.233 e. The highest BCUT2D eigenvalue weighted by Crippen LogP contribution is 2.19. The molecule has 6 heteroatoms. The molecule has 19 heavy (non-hydrogen) atoms. The molecular weight excluding hydrogens is 271 g/mol. The van der Waals surface area contributed by atoms with Crippen LogP contribution in [0.3, 0.4) is 0 Å². The van der Waals surface area contributed by atoms with Crippen molar-refractivity contribution < 1.29 is 14.0 Å². The number of anilines is 1. The fourth-order valence-electron chi connectivity index (χ4n) is 1.35. The second kappa shape index (κ2) is 7.09. The van der Waals surface area contributed by atoms with Crippen molar-refractivity contribution in [3.8, 4) is 0 Å². The van der Waals surface area contributed by atoms with Crippen molar-refractivity contribution in [2.75, 3.05) is 5.32 Å². The van der Waals surface area contributed by atoms with E-state index in [1.54, 1.807) is 0 Å². The highest BCUT2D eigenvalue weighted by atomic mass is 35.5. The van der Waals surface area contributed by atoms with Crippen molar-refractivity contribution in [3.05, 3.63) is 29.0 Å². The Bertz CT molecular complexity index is 480. The first kappa shape index (κ1) is 15.4. The molecule has 0 saturated heterocycles. The summed E-state index contributed by atoms with van der Waals surface area (Å²) in [5, 5.41) is 5.08. The molecule has 2 amide bonds. The van der Waals surface area contributed by atoms with Crippen LogP contribution in [-0.4, -0.2) is 17.9 Å². The van der Waals surface area contributed by atoms with Gasteiger partial charge in [0, 0.05) is 11.7 Å². The van der Waals surface area contributed by atoms with E-state index in [9.17, 15) is 14.0 Å². The molecular formula is C13H16ClFN2O2. The Kier molecular flexibility index (Phi) is 5.76. The number of halogens is 2. The number of hydrogen-bond donors (Lipinski definition) is 2. The van der Waals surface area contributed by atoms with Crippen LogP contribution in [0.4, 0.5) is 10.1 Å². The van der Waals surface area contributed by atoms with Crippen molar-refractivity contribution in [3.63, 3.8) is 0 Å². The van der Waals surface area contributed by atoms with Crippen LogP contribution in [0, 0.1) is 5.82 Å². The van der Waals surface area contributed by atoms with E-state index in [0.717, 1.165) is 12.5 Å². The average Bonchev–Trinajstić information content (AvgIpc) is 2.33. The fourth-order valence-corrected chi connectivity index (χ4v) is 1.53. The van der Waals surface area contributed by atoms with Gasteiger partial charge in [-0.3, -0.25) is 9.59 Å². The van der Waals surface area contributed by atoms with Crippen LogP contribution in [0.15, 0.2) is 18.2 Å². The Hall–Kier alpha value is -1.62. The highest BCUT2D eigenvalue weighted by molar-refractivity contribution is 6.31. The minimum absolute atomic E-state index is 0.0283. The third-order valence-electron chi connectivity index (χ3n) is 2.54. The number of nitrogens with one attached hydrogen (secondary N) is 2. The largest absolute Gasteiger partial charge is 0.353 e. The first-order valence-electron chi connectivity index (χ1n) is 5.96. The normalized spacial score (nSPS) is 11.8. The van der Waals surface area contributed by atoms with Crippen molar-refractivity contribution in [1.29, 1.82) is 0 Å². The van der Waals surface area contributed by atoms with Crippen LogP contribution in [0.5, 0.6) is 0 Å². The van der Waals surface area contributed by atoms with E-state index in [2.05, 4.69) is 10.6 Å². The Morgan fingerprint density at radius 3 is 2.63 bits per heavy atom. The highest BCUT2D eigenvalue weighted by Gasteiger charge is 2.12. The molecule has 4 nitrogen and oxygen atoms in total. The van der Waals surface area contributed by atoms with E-state index in [1.807, 2.05) is 13.8 Å². The first-order chi connectivity index (χ1) is 8.92. The minimum Gasteiger partial charge on any atom is -0.353 e. The van der Waals surface area contributed by atoms with Crippen LogP contribution in [0.25, 0.3) is 0 Å². The predicted octanol–water partition coefficient (Wildman–Crippen LogP) is 2.72. The molecule has 0 aromatic heterocycles. The Balaban J connectivity index is 2.51. The van der Waals surface area contributed by atoms with Gasteiger partial charge in [0.15, 0.2) is 0 Å². The maximum atomic E-state index is 12.9. The third kappa shape index (κ3) is 5.26. The van der Waals surface area contributed by atoms with Gasteiger partial charge < -0.3 is 10.6 Å². The van der Waals surface area contributed by atoms with Gasteiger partial charge in [-0.15, -0.1) is 0 Å². The molecule has 0 bridgehead atoms. The molecule has 0 aliphatic rings. The van der Waals surface area contributed by atoms with Crippen LogP contribution in [-0.2, 0) is 9.59 Å². The number of rotatable bonds is 5. The number of carbonyl (C=O) groups excluding carboxylic acids is 2. The van der Waals surface area contributed by atoms with E-state index >= 15 is 0 Å². The second-order valence-electron chi connectivity index (χ2n) is 4.23. The van der Waals surface area contributed by atoms with E-state index in [-0.39, 0.29) is 23.4 Å². The van der Waals surface area contributed by atoms with Crippen LogP contribution >= 0.6 is 11.6 Å². The number of carbonyl (C=O) groups is 2. The maximum Gasteiger partial charge on any atom is 0.233 e. The lowest BCUT2D eigenvalue weighted by atomic mass is 10.2. The van der Waals surface area contributed by atoms with Gasteiger partial charge >= 0.3 is 0 Å². The molecule has 0 aliphatic carbocycles. The number of benzene rings is 1. The van der Waals surface area contributed by atoms with Gasteiger partial charge in [0.1, 0.15) is 12.2 Å². The molecule has 1 rings (SSSR count). The van der Waals surface area contributed by atoms with Crippen molar-refractivity contribution >= 4 is 29.1 Å². The summed E-state index contributed by atoms with van der Waals surface area (Å²) >= 11 is 5.59. The lowest BCUT2D eigenvalue weighted by Gasteiger charge is -2.11. The molecule has 1 aromatic carbocycles. The molecule has 0 aliphatic heterocycles. The van der Waals surface area contributed by atoms with E-state index < -0.39 is 11.7 Å².